The second-order valence-corrected chi connectivity index (χ2v) is 6.38. The van der Waals surface area contributed by atoms with Gasteiger partial charge in [-0.3, -0.25) is 4.79 Å². The van der Waals surface area contributed by atoms with Crippen LogP contribution in [0.25, 0.3) is 6.08 Å². The maximum atomic E-state index is 12.3. The summed E-state index contributed by atoms with van der Waals surface area (Å²) in [5.74, 6) is 1.95. The first-order valence-electron chi connectivity index (χ1n) is 9.02. The summed E-state index contributed by atoms with van der Waals surface area (Å²) >= 11 is 0. The summed E-state index contributed by atoms with van der Waals surface area (Å²) in [5.41, 5.74) is 1.01. The smallest absolute Gasteiger partial charge is 0.263 e. The number of hydrogen-bond donors (Lipinski definition) is 1. The Morgan fingerprint density at radius 2 is 2.30 bits per heavy atom. The molecule has 1 aliphatic heterocycles. The third kappa shape index (κ3) is 5.10. The number of nitrogens with one attached hydrogen (secondary N) is 1. The zero-order valence-corrected chi connectivity index (χ0v) is 15.7. The summed E-state index contributed by atoms with van der Waals surface area (Å²) in [6.07, 6.45) is 6.60. The maximum absolute atomic E-state index is 12.3. The molecule has 3 rings (SSSR count). The monoisotopic (exact) mass is 371 g/mol. The summed E-state index contributed by atoms with van der Waals surface area (Å²) in [6, 6.07) is 7.35. The standard InChI is InChI=1S/C20H25N3O4/c1-3-4-15-5-6-17(18(11-15)25-2)27-14-20(24)22-19-7-9-21-23(19)12-16-8-10-26-13-16/h3-7,9,11,16H,8,10,12-14H2,1-2H3,(H,22,24). The van der Waals surface area contributed by atoms with Crippen LogP contribution in [0.15, 0.2) is 36.5 Å². The molecule has 1 amide bonds. The van der Waals surface area contributed by atoms with E-state index in [-0.39, 0.29) is 12.5 Å². The number of ether oxygens (including phenoxy) is 3. The largest absolute Gasteiger partial charge is 0.493 e. The predicted molar refractivity (Wildman–Crippen MR) is 103 cm³/mol. The molecule has 0 spiro atoms. The summed E-state index contributed by atoms with van der Waals surface area (Å²) in [5, 5.41) is 7.13. The van der Waals surface area contributed by atoms with Crippen molar-refractivity contribution in [1.29, 1.82) is 0 Å². The van der Waals surface area contributed by atoms with E-state index in [0.29, 0.717) is 23.2 Å². The number of hydrogen-bond acceptors (Lipinski definition) is 5. The van der Waals surface area contributed by atoms with Crippen LogP contribution < -0.4 is 14.8 Å². The van der Waals surface area contributed by atoms with Gasteiger partial charge in [0.15, 0.2) is 18.1 Å². The molecule has 1 aromatic carbocycles. The van der Waals surface area contributed by atoms with Crippen molar-refractivity contribution in [3.8, 4) is 11.5 Å². The number of nitrogens with zero attached hydrogens (tertiary/aromatic N) is 2. The molecule has 0 saturated carbocycles. The van der Waals surface area contributed by atoms with Crippen molar-refractivity contribution < 1.29 is 19.0 Å². The van der Waals surface area contributed by atoms with E-state index in [4.69, 9.17) is 14.2 Å². The van der Waals surface area contributed by atoms with Gasteiger partial charge in [0.05, 0.1) is 19.9 Å². The Labute approximate surface area is 158 Å². The van der Waals surface area contributed by atoms with Crippen LogP contribution in [0.1, 0.15) is 18.9 Å². The molecule has 144 valence electrons. The van der Waals surface area contributed by atoms with E-state index in [1.54, 1.807) is 30.1 Å². The summed E-state index contributed by atoms with van der Waals surface area (Å²) in [7, 11) is 1.58. The minimum Gasteiger partial charge on any atom is -0.493 e. The number of methoxy groups -OCH3 is 1. The van der Waals surface area contributed by atoms with Crippen molar-refractivity contribution in [2.45, 2.75) is 19.9 Å². The highest BCUT2D eigenvalue weighted by molar-refractivity contribution is 5.91. The molecule has 1 aliphatic rings. The van der Waals surface area contributed by atoms with Gasteiger partial charge in [-0.05, 0) is 31.0 Å². The summed E-state index contributed by atoms with van der Waals surface area (Å²) < 4.78 is 18.2. The Bertz CT molecular complexity index is 794. The number of aromatic nitrogens is 2. The average molecular weight is 371 g/mol. The molecule has 0 radical (unpaired) electrons. The van der Waals surface area contributed by atoms with Crippen LogP contribution in [0.4, 0.5) is 5.82 Å². The van der Waals surface area contributed by atoms with E-state index < -0.39 is 0 Å². The highest BCUT2D eigenvalue weighted by Gasteiger charge is 2.18. The Hall–Kier alpha value is -2.80. The third-order valence-electron chi connectivity index (χ3n) is 4.34. The van der Waals surface area contributed by atoms with E-state index in [2.05, 4.69) is 10.4 Å². The van der Waals surface area contributed by atoms with Crippen LogP contribution in [0.2, 0.25) is 0 Å². The van der Waals surface area contributed by atoms with Crippen LogP contribution >= 0.6 is 0 Å². The van der Waals surface area contributed by atoms with E-state index in [1.807, 2.05) is 31.2 Å². The van der Waals surface area contributed by atoms with Gasteiger partial charge in [-0.15, -0.1) is 0 Å². The SMILES string of the molecule is CC=Cc1ccc(OCC(=O)Nc2ccnn2CC2CCOC2)c(OC)c1. The Balaban J connectivity index is 1.56. The molecule has 27 heavy (non-hydrogen) atoms. The second kappa shape index (κ2) is 9.23. The molecule has 1 aromatic heterocycles. The van der Waals surface area contributed by atoms with Crippen molar-refractivity contribution in [1.82, 2.24) is 9.78 Å². The van der Waals surface area contributed by atoms with Gasteiger partial charge in [0, 0.05) is 25.1 Å². The first-order valence-corrected chi connectivity index (χ1v) is 9.02. The molecule has 2 heterocycles. The van der Waals surface area contributed by atoms with Crippen LogP contribution in [-0.2, 0) is 16.1 Å². The van der Waals surface area contributed by atoms with E-state index in [0.717, 1.165) is 31.7 Å². The molecule has 7 heteroatoms. The van der Waals surface area contributed by atoms with Gasteiger partial charge in [-0.2, -0.15) is 5.10 Å². The molecule has 0 bridgehead atoms. The van der Waals surface area contributed by atoms with Crippen LogP contribution in [0.3, 0.4) is 0 Å². The number of anilines is 1. The minimum atomic E-state index is -0.251. The van der Waals surface area contributed by atoms with Gasteiger partial charge in [0.1, 0.15) is 5.82 Å². The normalized spacial score (nSPS) is 16.6. The lowest BCUT2D eigenvalue weighted by atomic mass is 10.1. The van der Waals surface area contributed by atoms with Crippen LogP contribution in [-0.4, -0.2) is 42.6 Å². The fourth-order valence-electron chi connectivity index (χ4n) is 2.98. The first-order chi connectivity index (χ1) is 13.2. The van der Waals surface area contributed by atoms with Crippen LogP contribution in [0, 0.1) is 5.92 Å². The Morgan fingerprint density at radius 3 is 3.04 bits per heavy atom. The van der Waals surface area contributed by atoms with E-state index >= 15 is 0 Å². The van der Waals surface area contributed by atoms with Gasteiger partial charge in [0.25, 0.3) is 5.91 Å². The highest BCUT2D eigenvalue weighted by Crippen LogP contribution is 2.28. The second-order valence-electron chi connectivity index (χ2n) is 6.38. The summed E-state index contributed by atoms with van der Waals surface area (Å²) in [4.78, 5) is 12.3. The number of rotatable bonds is 8. The topological polar surface area (TPSA) is 74.6 Å². The maximum Gasteiger partial charge on any atom is 0.263 e. The lowest BCUT2D eigenvalue weighted by Crippen LogP contribution is -2.23. The van der Waals surface area contributed by atoms with Crippen molar-refractivity contribution in [3.63, 3.8) is 0 Å². The van der Waals surface area contributed by atoms with Gasteiger partial charge in [-0.25, -0.2) is 4.68 Å². The zero-order valence-electron chi connectivity index (χ0n) is 15.7. The number of carbonyl (C=O) groups excluding carboxylic acids is 1. The fraction of sp³-hybridized carbons (Fsp3) is 0.400. The van der Waals surface area contributed by atoms with E-state index in [1.165, 1.54) is 0 Å². The van der Waals surface area contributed by atoms with Gasteiger partial charge in [-0.1, -0.05) is 18.2 Å². The van der Waals surface area contributed by atoms with Gasteiger partial charge < -0.3 is 19.5 Å². The van der Waals surface area contributed by atoms with Gasteiger partial charge >= 0.3 is 0 Å². The average Bonchev–Trinajstić information content (AvgIpc) is 3.33. The number of benzene rings is 1. The molecule has 1 saturated heterocycles. The molecule has 2 aromatic rings. The highest BCUT2D eigenvalue weighted by atomic mass is 16.5. The molecular formula is C20H25N3O4. The van der Waals surface area contributed by atoms with Crippen LogP contribution in [0.5, 0.6) is 11.5 Å². The Kier molecular flexibility index (Phi) is 6.49. The zero-order chi connectivity index (χ0) is 19.1. The molecule has 1 fully saturated rings. The molecule has 1 unspecified atom stereocenters. The van der Waals surface area contributed by atoms with Crippen molar-refractivity contribution in [3.05, 3.63) is 42.1 Å². The van der Waals surface area contributed by atoms with Gasteiger partial charge in [0.2, 0.25) is 0 Å². The first kappa shape index (κ1) is 19.0. The van der Waals surface area contributed by atoms with Crippen molar-refractivity contribution in [2.24, 2.45) is 5.92 Å². The number of carbonyl (C=O) groups is 1. The number of amides is 1. The van der Waals surface area contributed by atoms with Crippen molar-refractivity contribution in [2.75, 3.05) is 32.2 Å². The molecule has 1 N–H and O–H groups in total. The molecule has 7 nitrogen and oxygen atoms in total. The molecule has 1 atom stereocenters. The molecular weight excluding hydrogens is 346 g/mol. The Morgan fingerprint density at radius 1 is 1.41 bits per heavy atom. The lowest BCUT2D eigenvalue weighted by molar-refractivity contribution is -0.118. The number of allylic oxidation sites excluding steroid dienone is 1. The minimum absolute atomic E-state index is 0.114. The predicted octanol–water partition coefficient (Wildman–Crippen LogP) is 2.98. The summed E-state index contributed by atoms with van der Waals surface area (Å²) in [6.45, 7) is 4.09. The van der Waals surface area contributed by atoms with Crippen molar-refractivity contribution >= 4 is 17.8 Å². The molecule has 0 aliphatic carbocycles. The lowest BCUT2D eigenvalue weighted by Gasteiger charge is -2.13. The van der Waals surface area contributed by atoms with E-state index in [9.17, 15) is 4.79 Å². The third-order valence-corrected chi connectivity index (χ3v) is 4.34. The fourth-order valence-corrected chi connectivity index (χ4v) is 2.98. The quantitative estimate of drug-likeness (QED) is 0.772.